The minimum absolute atomic E-state index is 0.0267. The Bertz CT molecular complexity index is 788. The molecule has 0 N–H and O–H groups in total. The molecular formula is C15H18N4OS2. The van der Waals surface area contributed by atoms with Crippen LogP contribution in [0.15, 0.2) is 17.8 Å². The van der Waals surface area contributed by atoms with E-state index < -0.39 is 0 Å². The van der Waals surface area contributed by atoms with E-state index >= 15 is 0 Å². The summed E-state index contributed by atoms with van der Waals surface area (Å²) in [6.45, 7) is 6.07. The van der Waals surface area contributed by atoms with Crippen LogP contribution in [-0.4, -0.2) is 32.2 Å². The highest BCUT2D eigenvalue weighted by atomic mass is 32.1. The van der Waals surface area contributed by atoms with Gasteiger partial charge in [-0.15, -0.1) is 22.7 Å². The first-order valence-corrected chi connectivity index (χ1v) is 8.76. The van der Waals surface area contributed by atoms with Gasteiger partial charge in [-0.25, -0.2) is 9.97 Å². The number of amides is 1. The molecule has 1 amide bonds. The summed E-state index contributed by atoms with van der Waals surface area (Å²) in [6.07, 6.45) is 4.19. The van der Waals surface area contributed by atoms with Crippen molar-refractivity contribution in [1.29, 1.82) is 0 Å². The lowest BCUT2D eigenvalue weighted by Crippen LogP contribution is -2.31. The second-order valence-corrected chi connectivity index (χ2v) is 7.64. The second kappa shape index (κ2) is 5.81. The summed E-state index contributed by atoms with van der Waals surface area (Å²) in [5.74, 6) is 0.0586. The molecule has 0 unspecified atom stereocenters. The van der Waals surface area contributed by atoms with Crippen molar-refractivity contribution < 1.29 is 4.79 Å². The number of carbonyl (C=O) groups is 1. The molecule has 0 fully saturated rings. The minimum atomic E-state index is -0.0267. The molecule has 3 rings (SSSR count). The number of fused-ring (bicyclic) bond motifs is 1. The molecule has 0 saturated heterocycles. The van der Waals surface area contributed by atoms with E-state index in [0.717, 1.165) is 21.4 Å². The van der Waals surface area contributed by atoms with Crippen LogP contribution in [0.3, 0.4) is 0 Å². The van der Waals surface area contributed by atoms with Gasteiger partial charge in [-0.05, 0) is 20.8 Å². The second-order valence-electron chi connectivity index (χ2n) is 5.36. The van der Waals surface area contributed by atoms with Crippen LogP contribution < -0.4 is 0 Å². The van der Waals surface area contributed by atoms with Crippen molar-refractivity contribution in [1.82, 2.24) is 19.3 Å². The molecule has 3 aromatic heterocycles. The molecule has 0 aliphatic carbocycles. The molecule has 0 radical (unpaired) electrons. The van der Waals surface area contributed by atoms with E-state index in [1.165, 1.54) is 4.88 Å². The first-order chi connectivity index (χ1) is 10.5. The number of thiazole rings is 2. The Hall–Kier alpha value is -1.73. The molecule has 7 heteroatoms. The highest BCUT2D eigenvalue weighted by Gasteiger charge is 2.22. The predicted octanol–water partition coefficient (Wildman–Crippen LogP) is 3.23. The van der Waals surface area contributed by atoms with Gasteiger partial charge in [0.25, 0.3) is 0 Å². The Kier molecular flexibility index (Phi) is 4.01. The molecule has 0 aromatic carbocycles. The van der Waals surface area contributed by atoms with Crippen molar-refractivity contribution in [2.24, 2.45) is 0 Å². The van der Waals surface area contributed by atoms with Gasteiger partial charge in [0, 0.05) is 29.7 Å². The molecule has 5 nitrogen and oxygen atoms in total. The average Bonchev–Trinajstić information content (AvgIpc) is 3.11. The maximum absolute atomic E-state index is 12.5. The molecule has 0 spiro atoms. The number of imidazole rings is 1. The zero-order chi connectivity index (χ0) is 15.9. The zero-order valence-corrected chi connectivity index (χ0v) is 14.7. The van der Waals surface area contributed by atoms with Gasteiger partial charge < -0.3 is 4.90 Å². The molecule has 3 aromatic rings. The lowest BCUT2D eigenvalue weighted by atomic mass is 10.1. The van der Waals surface area contributed by atoms with Crippen LogP contribution in [0.5, 0.6) is 0 Å². The van der Waals surface area contributed by atoms with E-state index in [2.05, 4.69) is 16.9 Å². The van der Waals surface area contributed by atoms with Crippen molar-refractivity contribution in [2.75, 3.05) is 7.05 Å². The first-order valence-electron chi connectivity index (χ1n) is 7.06. The Morgan fingerprint density at radius 3 is 2.82 bits per heavy atom. The molecule has 0 bridgehead atoms. The van der Waals surface area contributed by atoms with Crippen molar-refractivity contribution >= 4 is 33.5 Å². The van der Waals surface area contributed by atoms with Crippen molar-refractivity contribution in [3.63, 3.8) is 0 Å². The number of likely N-dealkylation sites (N-methyl/N-ethyl adjacent to an activating group) is 1. The van der Waals surface area contributed by atoms with Gasteiger partial charge in [-0.2, -0.15) is 0 Å². The van der Waals surface area contributed by atoms with Crippen LogP contribution in [0.4, 0.5) is 0 Å². The fourth-order valence-corrected chi connectivity index (χ4v) is 4.10. The predicted molar refractivity (Wildman–Crippen MR) is 89.5 cm³/mol. The molecule has 1 atom stereocenters. The minimum Gasteiger partial charge on any atom is -0.337 e. The van der Waals surface area contributed by atoms with Crippen molar-refractivity contribution in [3.05, 3.63) is 39.0 Å². The van der Waals surface area contributed by atoms with E-state index in [4.69, 9.17) is 0 Å². The van der Waals surface area contributed by atoms with Crippen LogP contribution in [0.25, 0.3) is 4.96 Å². The molecule has 3 heterocycles. The summed E-state index contributed by atoms with van der Waals surface area (Å²) in [7, 11) is 1.83. The van der Waals surface area contributed by atoms with Crippen molar-refractivity contribution in [2.45, 2.75) is 33.2 Å². The van der Waals surface area contributed by atoms with Crippen molar-refractivity contribution in [3.8, 4) is 0 Å². The van der Waals surface area contributed by atoms with Gasteiger partial charge in [0.2, 0.25) is 5.91 Å². The van der Waals surface area contributed by atoms with Gasteiger partial charge in [-0.3, -0.25) is 9.20 Å². The number of rotatable bonds is 4. The summed E-state index contributed by atoms with van der Waals surface area (Å²) in [6, 6.07) is -0.0267. The molecule has 0 aliphatic heterocycles. The maximum atomic E-state index is 12.5. The summed E-state index contributed by atoms with van der Waals surface area (Å²) >= 11 is 3.24. The summed E-state index contributed by atoms with van der Waals surface area (Å²) in [5.41, 5.74) is 1.80. The fraction of sp³-hybridized carbons (Fsp3) is 0.400. The SMILES string of the molecule is Cc1nc([C@H](C)N(C)C(=O)Cc2cn3ccsc3n2)c(C)s1. The highest BCUT2D eigenvalue weighted by Crippen LogP contribution is 2.26. The average molecular weight is 334 g/mol. The van der Waals surface area contributed by atoms with Crippen LogP contribution in [-0.2, 0) is 11.2 Å². The third kappa shape index (κ3) is 2.78. The number of aromatic nitrogens is 3. The van der Waals surface area contributed by atoms with Crippen LogP contribution in [0.2, 0.25) is 0 Å². The van der Waals surface area contributed by atoms with Gasteiger partial charge in [-0.1, -0.05) is 0 Å². The van der Waals surface area contributed by atoms with E-state index in [0.29, 0.717) is 6.42 Å². The third-order valence-electron chi connectivity index (χ3n) is 3.78. The Labute approximate surface area is 137 Å². The Balaban J connectivity index is 1.73. The topological polar surface area (TPSA) is 50.5 Å². The van der Waals surface area contributed by atoms with Crippen LogP contribution in [0.1, 0.15) is 34.2 Å². The first kappa shape index (κ1) is 15.2. The van der Waals surface area contributed by atoms with E-state index in [-0.39, 0.29) is 11.9 Å². The zero-order valence-electron chi connectivity index (χ0n) is 13.0. The van der Waals surface area contributed by atoms with Gasteiger partial charge in [0.1, 0.15) is 0 Å². The number of aryl methyl sites for hydroxylation is 2. The third-order valence-corrected chi connectivity index (χ3v) is 5.46. The Morgan fingerprint density at radius 1 is 1.41 bits per heavy atom. The maximum Gasteiger partial charge on any atom is 0.228 e. The van der Waals surface area contributed by atoms with E-state index in [1.807, 2.05) is 43.1 Å². The van der Waals surface area contributed by atoms with E-state index in [1.54, 1.807) is 27.6 Å². The number of carbonyl (C=O) groups excluding carboxylic acids is 1. The van der Waals surface area contributed by atoms with Gasteiger partial charge in [0.05, 0.1) is 28.9 Å². The monoisotopic (exact) mass is 334 g/mol. The molecule has 116 valence electrons. The fourth-order valence-electron chi connectivity index (χ4n) is 2.47. The normalized spacial score (nSPS) is 12.7. The number of hydrogen-bond acceptors (Lipinski definition) is 5. The largest absolute Gasteiger partial charge is 0.337 e. The molecular weight excluding hydrogens is 316 g/mol. The smallest absolute Gasteiger partial charge is 0.228 e. The van der Waals surface area contributed by atoms with Crippen LogP contribution >= 0.6 is 22.7 Å². The highest BCUT2D eigenvalue weighted by molar-refractivity contribution is 7.15. The molecule has 22 heavy (non-hydrogen) atoms. The summed E-state index contributed by atoms with van der Waals surface area (Å²) in [4.78, 5) is 25.4. The van der Waals surface area contributed by atoms with Gasteiger partial charge >= 0.3 is 0 Å². The summed E-state index contributed by atoms with van der Waals surface area (Å²) < 4.78 is 1.95. The van der Waals surface area contributed by atoms with Crippen LogP contribution in [0, 0.1) is 13.8 Å². The van der Waals surface area contributed by atoms with E-state index in [9.17, 15) is 4.79 Å². The lowest BCUT2D eigenvalue weighted by Gasteiger charge is -2.24. The summed E-state index contributed by atoms with van der Waals surface area (Å²) in [5, 5.41) is 3.02. The quantitative estimate of drug-likeness (QED) is 0.736. The Morgan fingerprint density at radius 2 is 2.18 bits per heavy atom. The molecule has 0 saturated carbocycles. The molecule has 0 aliphatic rings. The number of nitrogens with zero attached hydrogens (tertiary/aromatic N) is 4. The lowest BCUT2D eigenvalue weighted by molar-refractivity contribution is -0.131. The van der Waals surface area contributed by atoms with Gasteiger partial charge in [0.15, 0.2) is 4.96 Å². The number of hydrogen-bond donors (Lipinski definition) is 0. The standard InChI is InChI=1S/C15H18N4OS2/c1-9(14-10(2)22-11(3)16-14)18(4)13(20)7-12-8-19-5-6-21-15(19)17-12/h5-6,8-9H,7H2,1-4H3/t9-/m0/s1.